The lowest BCUT2D eigenvalue weighted by Gasteiger charge is -2.35. The summed E-state index contributed by atoms with van der Waals surface area (Å²) in [7, 11) is 0. The average Bonchev–Trinajstić information content (AvgIpc) is 3.35. The highest BCUT2D eigenvalue weighted by Gasteiger charge is 2.32. The molecule has 2 heterocycles. The van der Waals surface area contributed by atoms with Gasteiger partial charge in [0.25, 0.3) is 0 Å². The number of likely N-dealkylation sites (tertiary alicyclic amines) is 1. The highest BCUT2D eigenvalue weighted by Crippen LogP contribution is 2.31. The maximum absolute atomic E-state index is 13.6. The molecule has 1 aliphatic rings. The first-order valence-corrected chi connectivity index (χ1v) is 10.5. The first-order valence-electron chi connectivity index (χ1n) is 10.1. The quantitative estimate of drug-likeness (QED) is 0.475. The van der Waals surface area contributed by atoms with Gasteiger partial charge in [-0.15, -0.1) is 5.10 Å². The van der Waals surface area contributed by atoms with E-state index in [1.807, 2.05) is 24.3 Å². The molecule has 0 spiro atoms. The van der Waals surface area contributed by atoms with E-state index in [1.165, 1.54) is 17.1 Å². The smallest absolute Gasteiger partial charge is 0.241 e. The van der Waals surface area contributed by atoms with Crippen LogP contribution in [0.1, 0.15) is 24.0 Å². The Hall–Kier alpha value is -3.79. The standard InChI is InChI=1S/C23H18ClFN6O2/c1-26-22-19(25)7-4-17(21(22)24)8-9-23(33)10-12-30(13-11-23)20(32)14-16-2-5-18(6-3-16)31-15-27-28-29-31/h2-7,15,33H,10-14H2. The molecule has 0 unspecified atom stereocenters. The number of carbonyl (C=O) groups is 1. The number of amides is 1. The van der Waals surface area contributed by atoms with Gasteiger partial charge in [0, 0.05) is 31.5 Å². The second kappa shape index (κ2) is 9.37. The molecule has 1 amide bonds. The van der Waals surface area contributed by atoms with E-state index in [2.05, 4.69) is 32.2 Å². The van der Waals surface area contributed by atoms with Crippen molar-refractivity contribution in [3.05, 3.63) is 76.1 Å². The fourth-order valence-corrected chi connectivity index (χ4v) is 3.75. The molecular weight excluding hydrogens is 447 g/mol. The van der Waals surface area contributed by atoms with Crippen molar-refractivity contribution in [3.8, 4) is 17.5 Å². The van der Waals surface area contributed by atoms with Gasteiger partial charge in [0.15, 0.2) is 0 Å². The number of aliphatic hydroxyl groups is 1. The molecule has 8 nitrogen and oxygen atoms in total. The van der Waals surface area contributed by atoms with E-state index >= 15 is 0 Å². The van der Waals surface area contributed by atoms with Crippen LogP contribution in [-0.4, -0.2) is 54.8 Å². The molecule has 0 radical (unpaired) electrons. The Bertz CT molecular complexity index is 1270. The molecule has 1 saturated heterocycles. The molecule has 0 atom stereocenters. The molecule has 0 bridgehead atoms. The number of hydrogen-bond donors (Lipinski definition) is 1. The molecule has 1 fully saturated rings. The summed E-state index contributed by atoms with van der Waals surface area (Å²) in [6, 6.07) is 9.89. The van der Waals surface area contributed by atoms with Crippen LogP contribution in [0.15, 0.2) is 42.7 Å². The molecule has 10 heteroatoms. The van der Waals surface area contributed by atoms with Crippen molar-refractivity contribution in [1.29, 1.82) is 0 Å². The maximum Gasteiger partial charge on any atom is 0.241 e. The highest BCUT2D eigenvalue weighted by atomic mass is 35.5. The Kier molecular flexibility index (Phi) is 6.36. The summed E-state index contributed by atoms with van der Waals surface area (Å²) in [4.78, 5) is 17.5. The number of aromatic nitrogens is 4. The predicted molar refractivity (Wildman–Crippen MR) is 118 cm³/mol. The van der Waals surface area contributed by atoms with Gasteiger partial charge in [0.1, 0.15) is 17.7 Å². The van der Waals surface area contributed by atoms with Crippen molar-refractivity contribution >= 4 is 23.2 Å². The van der Waals surface area contributed by atoms with Gasteiger partial charge in [-0.05, 0) is 40.3 Å². The number of rotatable bonds is 3. The monoisotopic (exact) mass is 464 g/mol. The van der Waals surface area contributed by atoms with E-state index in [-0.39, 0.29) is 41.4 Å². The highest BCUT2D eigenvalue weighted by molar-refractivity contribution is 6.34. The Morgan fingerprint density at radius 3 is 2.61 bits per heavy atom. The summed E-state index contributed by atoms with van der Waals surface area (Å²) in [5.74, 6) is 4.81. The average molecular weight is 465 g/mol. The van der Waals surface area contributed by atoms with Crippen LogP contribution in [0, 0.1) is 24.2 Å². The third kappa shape index (κ3) is 5.01. The van der Waals surface area contributed by atoms with Crippen LogP contribution in [0.2, 0.25) is 5.02 Å². The van der Waals surface area contributed by atoms with Crippen LogP contribution < -0.4 is 0 Å². The van der Waals surface area contributed by atoms with E-state index in [0.29, 0.717) is 13.1 Å². The number of halogens is 2. The lowest BCUT2D eigenvalue weighted by atomic mass is 9.91. The van der Waals surface area contributed by atoms with Crippen LogP contribution in [0.5, 0.6) is 0 Å². The number of hydrogen-bond acceptors (Lipinski definition) is 5. The van der Waals surface area contributed by atoms with Crippen LogP contribution >= 0.6 is 11.6 Å². The largest absolute Gasteiger partial charge is 0.377 e. The molecule has 1 N–H and O–H groups in total. The first kappa shape index (κ1) is 22.4. The number of carbonyl (C=O) groups excluding carboxylic acids is 1. The van der Waals surface area contributed by atoms with E-state index in [4.69, 9.17) is 18.2 Å². The molecular formula is C23H18ClFN6O2. The van der Waals surface area contributed by atoms with E-state index in [1.54, 1.807) is 4.90 Å². The van der Waals surface area contributed by atoms with Gasteiger partial charge >= 0.3 is 0 Å². The van der Waals surface area contributed by atoms with E-state index in [0.717, 1.165) is 17.3 Å². The Morgan fingerprint density at radius 2 is 1.97 bits per heavy atom. The van der Waals surface area contributed by atoms with E-state index < -0.39 is 11.4 Å². The third-order valence-electron chi connectivity index (χ3n) is 5.46. The van der Waals surface area contributed by atoms with Gasteiger partial charge in [-0.2, -0.15) is 0 Å². The van der Waals surface area contributed by atoms with Crippen LogP contribution in [0.25, 0.3) is 10.5 Å². The maximum atomic E-state index is 13.6. The van der Waals surface area contributed by atoms with Crippen molar-refractivity contribution in [1.82, 2.24) is 25.1 Å². The van der Waals surface area contributed by atoms with Crippen molar-refractivity contribution in [2.24, 2.45) is 0 Å². The lowest BCUT2D eigenvalue weighted by molar-refractivity contribution is -0.133. The van der Waals surface area contributed by atoms with Crippen molar-refractivity contribution in [2.75, 3.05) is 13.1 Å². The van der Waals surface area contributed by atoms with Crippen LogP contribution in [-0.2, 0) is 11.2 Å². The molecule has 1 aromatic heterocycles. The zero-order chi connectivity index (χ0) is 23.4. The second-order valence-electron chi connectivity index (χ2n) is 7.63. The molecule has 1 aliphatic heterocycles. The van der Waals surface area contributed by atoms with Gasteiger partial charge in [0.05, 0.1) is 23.7 Å². The van der Waals surface area contributed by atoms with Gasteiger partial charge in [-0.1, -0.05) is 35.6 Å². The summed E-state index contributed by atoms with van der Waals surface area (Å²) in [5.41, 5.74) is 0.352. The zero-order valence-electron chi connectivity index (χ0n) is 17.4. The van der Waals surface area contributed by atoms with Crippen molar-refractivity contribution < 1.29 is 14.3 Å². The minimum Gasteiger partial charge on any atom is -0.377 e. The van der Waals surface area contributed by atoms with Crippen LogP contribution in [0.4, 0.5) is 10.1 Å². The fourth-order valence-electron chi connectivity index (χ4n) is 3.51. The predicted octanol–water partition coefficient (Wildman–Crippen LogP) is 2.95. The molecule has 0 aliphatic carbocycles. The molecule has 2 aromatic carbocycles. The number of benzene rings is 2. The van der Waals surface area contributed by atoms with Crippen molar-refractivity contribution in [2.45, 2.75) is 24.9 Å². The molecule has 0 saturated carbocycles. The van der Waals surface area contributed by atoms with Gasteiger partial charge < -0.3 is 10.0 Å². The summed E-state index contributed by atoms with van der Waals surface area (Å²) in [6.07, 6.45) is 2.28. The summed E-state index contributed by atoms with van der Waals surface area (Å²) >= 11 is 6.06. The zero-order valence-corrected chi connectivity index (χ0v) is 18.1. The summed E-state index contributed by atoms with van der Waals surface area (Å²) in [6.45, 7) is 7.75. The minimum absolute atomic E-state index is 0.0385. The molecule has 33 heavy (non-hydrogen) atoms. The second-order valence-corrected chi connectivity index (χ2v) is 8.01. The lowest BCUT2D eigenvalue weighted by Crippen LogP contribution is -2.46. The summed E-state index contributed by atoms with van der Waals surface area (Å²) in [5, 5.41) is 21.8. The molecule has 4 rings (SSSR count). The minimum atomic E-state index is -1.29. The Morgan fingerprint density at radius 1 is 1.24 bits per heavy atom. The fraction of sp³-hybridized carbons (Fsp3) is 0.261. The molecule has 166 valence electrons. The van der Waals surface area contributed by atoms with Gasteiger partial charge in [-0.25, -0.2) is 13.9 Å². The van der Waals surface area contributed by atoms with Crippen molar-refractivity contribution in [3.63, 3.8) is 0 Å². The van der Waals surface area contributed by atoms with Gasteiger partial charge in [0.2, 0.25) is 11.6 Å². The number of nitrogens with zero attached hydrogens (tertiary/aromatic N) is 6. The number of piperidine rings is 1. The normalized spacial score (nSPS) is 14.8. The Labute approximate surface area is 194 Å². The van der Waals surface area contributed by atoms with Crippen LogP contribution in [0.3, 0.4) is 0 Å². The van der Waals surface area contributed by atoms with E-state index in [9.17, 15) is 14.3 Å². The summed E-state index contributed by atoms with van der Waals surface area (Å²) < 4.78 is 15.1. The topological polar surface area (TPSA) is 88.5 Å². The SMILES string of the molecule is [C-]#[N+]c1c(F)ccc(C#CC2(O)CCN(C(=O)Cc3ccc(-n4cnnn4)cc3)CC2)c1Cl. The first-order chi connectivity index (χ1) is 15.9. The molecule has 3 aromatic rings. The third-order valence-corrected chi connectivity index (χ3v) is 5.84. The number of tetrazole rings is 1. The Balaban J connectivity index is 1.36. The van der Waals surface area contributed by atoms with Gasteiger partial charge in [-0.3, -0.25) is 4.79 Å².